The molecule has 2 aromatic heterocycles. The topological polar surface area (TPSA) is 59.1 Å². The second kappa shape index (κ2) is 4.97. The molecule has 7 heteroatoms. The van der Waals surface area contributed by atoms with Gasteiger partial charge in [0.25, 0.3) is 10.0 Å². The van der Waals surface area contributed by atoms with Crippen LogP contribution in [-0.4, -0.2) is 13.4 Å². The van der Waals surface area contributed by atoms with Crippen LogP contribution < -0.4 is 4.72 Å². The molecule has 0 fully saturated rings. The van der Waals surface area contributed by atoms with Crippen molar-refractivity contribution in [2.24, 2.45) is 0 Å². The predicted molar refractivity (Wildman–Crippen MR) is 79.3 cm³/mol. The van der Waals surface area contributed by atoms with Gasteiger partial charge < -0.3 is 0 Å². The first-order chi connectivity index (χ1) is 8.72. The Kier molecular flexibility index (Phi) is 3.83. The van der Waals surface area contributed by atoms with Crippen LogP contribution >= 0.6 is 22.7 Å². The lowest BCUT2D eigenvalue weighted by Crippen LogP contribution is -2.40. The molecule has 0 saturated carbocycles. The number of thiophene rings is 1. The van der Waals surface area contributed by atoms with Gasteiger partial charge >= 0.3 is 0 Å². The molecule has 0 spiro atoms. The molecular weight excluding hydrogens is 300 g/mol. The number of hydrogen-bond acceptors (Lipinski definition) is 5. The predicted octanol–water partition coefficient (Wildman–Crippen LogP) is 3.04. The summed E-state index contributed by atoms with van der Waals surface area (Å²) in [6.07, 6.45) is 0. The third kappa shape index (κ3) is 3.05. The maximum absolute atomic E-state index is 12.3. The van der Waals surface area contributed by atoms with Gasteiger partial charge in [-0.1, -0.05) is 6.07 Å². The van der Waals surface area contributed by atoms with Gasteiger partial charge in [0, 0.05) is 4.88 Å². The SMILES string of the molecule is Cc1nc(C(C)(C)NS(=O)(=O)c2cccs2)sc1C. The number of rotatable bonds is 4. The summed E-state index contributed by atoms with van der Waals surface area (Å²) in [5.41, 5.74) is 0.232. The van der Waals surface area contributed by atoms with Crippen LogP contribution in [0, 0.1) is 13.8 Å². The molecule has 2 aromatic rings. The molecule has 0 atom stereocenters. The van der Waals surface area contributed by atoms with E-state index >= 15 is 0 Å². The number of thiazole rings is 1. The van der Waals surface area contributed by atoms with E-state index in [4.69, 9.17) is 0 Å². The van der Waals surface area contributed by atoms with Crippen LogP contribution in [0.1, 0.15) is 29.4 Å². The number of sulfonamides is 1. The van der Waals surface area contributed by atoms with Gasteiger partial charge in [0.1, 0.15) is 9.22 Å². The molecule has 0 aliphatic carbocycles. The lowest BCUT2D eigenvalue weighted by Gasteiger charge is -2.23. The largest absolute Gasteiger partial charge is 0.250 e. The monoisotopic (exact) mass is 316 g/mol. The number of aryl methyl sites for hydroxylation is 2. The van der Waals surface area contributed by atoms with Crippen molar-refractivity contribution in [1.82, 2.24) is 9.71 Å². The van der Waals surface area contributed by atoms with Crippen LogP contribution in [0.2, 0.25) is 0 Å². The van der Waals surface area contributed by atoms with E-state index < -0.39 is 15.6 Å². The van der Waals surface area contributed by atoms with E-state index in [1.165, 1.54) is 22.7 Å². The number of nitrogens with one attached hydrogen (secondary N) is 1. The third-order valence-corrected chi connectivity index (χ3v) is 7.16. The van der Waals surface area contributed by atoms with Crippen LogP contribution in [0.15, 0.2) is 21.7 Å². The first-order valence-corrected chi connectivity index (χ1v) is 8.92. The van der Waals surface area contributed by atoms with Crippen molar-refractivity contribution in [3.63, 3.8) is 0 Å². The lowest BCUT2D eigenvalue weighted by atomic mass is 10.1. The molecule has 0 aromatic carbocycles. The number of hydrogen-bond donors (Lipinski definition) is 1. The Morgan fingerprint density at radius 2 is 2.00 bits per heavy atom. The van der Waals surface area contributed by atoms with Crippen LogP contribution in [0.4, 0.5) is 0 Å². The molecule has 4 nitrogen and oxygen atoms in total. The van der Waals surface area contributed by atoms with Crippen LogP contribution in [0.3, 0.4) is 0 Å². The molecule has 19 heavy (non-hydrogen) atoms. The number of nitrogens with zero attached hydrogens (tertiary/aromatic N) is 1. The van der Waals surface area contributed by atoms with E-state index in [0.717, 1.165) is 15.6 Å². The van der Waals surface area contributed by atoms with E-state index in [1.807, 2.05) is 27.7 Å². The molecule has 0 aliphatic heterocycles. The van der Waals surface area contributed by atoms with Crippen molar-refractivity contribution in [1.29, 1.82) is 0 Å². The van der Waals surface area contributed by atoms with Gasteiger partial charge in [0.05, 0.1) is 11.2 Å². The van der Waals surface area contributed by atoms with Gasteiger partial charge in [0.2, 0.25) is 0 Å². The zero-order valence-corrected chi connectivity index (χ0v) is 13.7. The van der Waals surface area contributed by atoms with Crippen molar-refractivity contribution in [3.8, 4) is 0 Å². The van der Waals surface area contributed by atoms with Crippen molar-refractivity contribution in [2.75, 3.05) is 0 Å². The highest BCUT2D eigenvalue weighted by molar-refractivity contribution is 7.91. The van der Waals surface area contributed by atoms with Gasteiger partial charge in [-0.05, 0) is 39.1 Å². The third-order valence-electron chi connectivity index (χ3n) is 2.71. The highest BCUT2D eigenvalue weighted by atomic mass is 32.2. The summed E-state index contributed by atoms with van der Waals surface area (Å²) in [5.74, 6) is 0. The van der Waals surface area contributed by atoms with Crippen molar-refractivity contribution in [2.45, 2.75) is 37.4 Å². The Balaban J connectivity index is 2.31. The van der Waals surface area contributed by atoms with E-state index in [0.29, 0.717) is 4.21 Å². The zero-order chi connectivity index (χ0) is 14.3. The van der Waals surface area contributed by atoms with Crippen LogP contribution in [0.5, 0.6) is 0 Å². The molecular formula is C12H16N2O2S3. The number of aromatic nitrogens is 1. The summed E-state index contributed by atoms with van der Waals surface area (Å²) in [5, 5.41) is 2.53. The molecule has 0 saturated heterocycles. The second-order valence-electron chi connectivity index (χ2n) is 4.82. The molecule has 0 amide bonds. The van der Waals surface area contributed by atoms with E-state index in [-0.39, 0.29) is 0 Å². The highest BCUT2D eigenvalue weighted by Crippen LogP contribution is 2.29. The van der Waals surface area contributed by atoms with Crippen LogP contribution in [-0.2, 0) is 15.6 Å². The minimum atomic E-state index is -3.49. The van der Waals surface area contributed by atoms with Crippen molar-refractivity contribution < 1.29 is 8.42 Å². The maximum atomic E-state index is 12.3. The van der Waals surface area contributed by atoms with E-state index in [2.05, 4.69) is 9.71 Å². The van der Waals surface area contributed by atoms with Crippen LogP contribution in [0.25, 0.3) is 0 Å². The minimum absolute atomic E-state index is 0.325. The fourth-order valence-corrected chi connectivity index (χ4v) is 5.00. The smallest absolute Gasteiger partial charge is 0.244 e. The minimum Gasteiger partial charge on any atom is -0.244 e. The summed E-state index contributed by atoms with van der Waals surface area (Å²) in [7, 11) is -3.49. The molecule has 2 heterocycles. The molecule has 0 radical (unpaired) electrons. The Morgan fingerprint density at radius 1 is 1.32 bits per heavy atom. The summed E-state index contributed by atoms with van der Waals surface area (Å²) >= 11 is 2.73. The van der Waals surface area contributed by atoms with Gasteiger partial charge in [-0.25, -0.2) is 13.4 Å². The summed E-state index contributed by atoms with van der Waals surface area (Å²) < 4.78 is 27.5. The fourth-order valence-electron chi connectivity index (χ4n) is 1.59. The molecule has 0 unspecified atom stereocenters. The Bertz CT molecular complexity index is 650. The Labute approximate surface area is 121 Å². The van der Waals surface area contributed by atoms with Gasteiger partial charge in [-0.3, -0.25) is 0 Å². The summed E-state index contributed by atoms with van der Waals surface area (Å²) in [4.78, 5) is 5.55. The summed E-state index contributed by atoms with van der Waals surface area (Å²) in [6.45, 7) is 7.57. The normalized spacial score (nSPS) is 12.8. The average Bonchev–Trinajstić information content (AvgIpc) is 2.88. The van der Waals surface area contributed by atoms with E-state index in [9.17, 15) is 8.42 Å². The Morgan fingerprint density at radius 3 is 2.47 bits per heavy atom. The molecule has 0 aliphatic rings. The lowest BCUT2D eigenvalue weighted by molar-refractivity contribution is 0.470. The molecule has 1 N–H and O–H groups in total. The van der Waals surface area contributed by atoms with Gasteiger partial charge in [-0.2, -0.15) is 4.72 Å². The first kappa shape index (κ1) is 14.6. The fraction of sp³-hybridized carbons (Fsp3) is 0.417. The highest BCUT2D eigenvalue weighted by Gasteiger charge is 2.31. The Hall–Kier alpha value is -0.760. The molecule has 0 bridgehead atoms. The zero-order valence-electron chi connectivity index (χ0n) is 11.2. The van der Waals surface area contributed by atoms with Crippen molar-refractivity contribution >= 4 is 32.7 Å². The van der Waals surface area contributed by atoms with Crippen molar-refractivity contribution in [3.05, 3.63) is 33.1 Å². The van der Waals surface area contributed by atoms with Gasteiger partial charge in [0.15, 0.2) is 0 Å². The first-order valence-electron chi connectivity index (χ1n) is 5.74. The molecule has 2 rings (SSSR count). The maximum Gasteiger partial charge on any atom is 0.250 e. The average molecular weight is 316 g/mol. The summed E-state index contributed by atoms with van der Waals surface area (Å²) in [6, 6.07) is 3.32. The molecule has 104 valence electrons. The second-order valence-corrected chi connectivity index (χ2v) is 8.88. The van der Waals surface area contributed by atoms with E-state index in [1.54, 1.807) is 17.5 Å². The standard InChI is InChI=1S/C12H16N2O2S3/c1-8-9(2)18-11(13-8)12(3,4)14-19(15,16)10-6-5-7-17-10/h5-7,14H,1-4H3. The quantitative estimate of drug-likeness (QED) is 0.943. The van der Waals surface area contributed by atoms with Gasteiger partial charge in [-0.15, -0.1) is 22.7 Å².